The van der Waals surface area contributed by atoms with Crippen LogP contribution in [0, 0.1) is 5.92 Å². The maximum Gasteiger partial charge on any atom is 0.255 e. The van der Waals surface area contributed by atoms with Gasteiger partial charge >= 0.3 is 0 Å². The van der Waals surface area contributed by atoms with Gasteiger partial charge in [0.05, 0.1) is 0 Å². The van der Waals surface area contributed by atoms with Crippen LogP contribution in [-0.4, -0.2) is 11.8 Å². The SMILES string of the molecule is CC(C)C(=O)Nc1cccc(NC(=O)c2ccc(OCc3ccccc3)cc2)c1. The lowest BCUT2D eigenvalue weighted by molar-refractivity contribution is -0.118. The zero-order chi connectivity index (χ0) is 20.6. The van der Waals surface area contributed by atoms with Gasteiger partial charge in [0.15, 0.2) is 0 Å². The smallest absolute Gasteiger partial charge is 0.255 e. The Morgan fingerprint density at radius 2 is 1.48 bits per heavy atom. The summed E-state index contributed by atoms with van der Waals surface area (Å²) in [5.41, 5.74) is 2.86. The van der Waals surface area contributed by atoms with E-state index in [0.29, 0.717) is 29.3 Å². The summed E-state index contributed by atoms with van der Waals surface area (Å²) >= 11 is 0. The Labute approximate surface area is 170 Å². The van der Waals surface area contributed by atoms with E-state index in [4.69, 9.17) is 4.74 Å². The van der Waals surface area contributed by atoms with Gasteiger partial charge in [-0.15, -0.1) is 0 Å². The van der Waals surface area contributed by atoms with Crippen molar-refractivity contribution in [2.24, 2.45) is 5.92 Å². The molecule has 0 bridgehead atoms. The lowest BCUT2D eigenvalue weighted by Gasteiger charge is -2.11. The van der Waals surface area contributed by atoms with E-state index in [1.807, 2.05) is 44.2 Å². The number of hydrogen-bond acceptors (Lipinski definition) is 3. The fourth-order valence-electron chi connectivity index (χ4n) is 2.61. The molecule has 0 aliphatic carbocycles. The molecule has 0 aromatic heterocycles. The molecule has 2 amide bonds. The molecule has 2 N–H and O–H groups in total. The molecule has 3 rings (SSSR count). The van der Waals surface area contributed by atoms with Crippen LogP contribution in [-0.2, 0) is 11.4 Å². The minimum atomic E-state index is -0.230. The Bertz CT molecular complexity index is 967. The van der Waals surface area contributed by atoms with Gasteiger partial charge in [-0.25, -0.2) is 0 Å². The van der Waals surface area contributed by atoms with Gasteiger partial charge in [-0.1, -0.05) is 50.2 Å². The maximum absolute atomic E-state index is 12.5. The first-order chi connectivity index (χ1) is 14.0. The van der Waals surface area contributed by atoms with Crippen LogP contribution in [0.1, 0.15) is 29.8 Å². The van der Waals surface area contributed by atoms with Crippen LogP contribution >= 0.6 is 0 Å². The third-order valence-corrected chi connectivity index (χ3v) is 4.28. The second kappa shape index (κ2) is 9.55. The molecule has 0 saturated carbocycles. The lowest BCUT2D eigenvalue weighted by atomic mass is 10.2. The Morgan fingerprint density at radius 3 is 2.14 bits per heavy atom. The summed E-state index contributed by atoms with van der Waals surface area (Å²) in [7, 11) is 0. The number of hydrogen-bond donors (Lipinski definition) is 2. The number of carbonyl (C=O) groups excluding carboxylic acids is 2. The van der Waals surface area contributed by atoms with Crippen LogP contribution in [0.5, 0.6) is 5.75 Å². The summed E-state index contributed by atoms with van der Waals surface area (Å²) in [5.74, 6) is 0.284. The quantitative estimate of drug-likeness (QED) is 0.591. The highest BCUT2D eigenvalue weighted by Crippen LogP contribution is 2.18. The minimum absolute atomic E-state index is 0.0698. The van der Waals surface area contributed by atoms with Crippen LogP contribution in [0.2, 0.25) is 0 Å². The maximum atomic E-state index is 12.5. The van der Waals surface area contributed by atoms with Gasteiger partial charge in [-0.3, -0.25) is 9.59 Å². The third kappa shape index (κ3) is 5.94. The van der Waals surface area contributed by atoms with Gasteiger partial charge < -0.3 is 15.4 Å². The number of rotatable bonds is 7. The Hall–Kier alpha value is -3.60. The molecule has 3 aromatic carbocycles. The number of nitrogens with one attached hydrogen (secondary N) is 2. The van der Waals surface area contributed by atoms with Crippen molar-refractivity contribution in [2.45, 2.75) is 20.5 Å². The van der Waals surface area contributed by atoms with Crippen LogP contribution in [0.3, 0.4) is 0 Å². The number of ether oxygens (including phenoxy) is 1. The van der Waals surface area contributed by atoms with Crippen molar-refractivity contribution < 1.29 is 14.3 Å². The van der Waals surface area contributed by atoms with E-state index in [1.54, 1.807) is 48.5 Å². The van der Waals surface area contributed by atoms with E-state index in [-0.39, 0.29) is 17.7 Å². The first-order valence-corrected chi connectivity index (χ1v) is 9.50. The molecule has 0 aliphatic heterocycles. The average molecular weight is 388 g/mol. The van der Waals surface area contributed by atoms with Crippen molar-refractivity contribution in [1.82, 2.24) is 0 Å². The molecule has 0 aliphatic rings. The molecule has 0 radical (unpaired) electrons. The van der Waals surface area contributed by atoms with Crippen molar-refractivity contribution in [3.8, 4) is 5.75 Å². The van der Waals surface area contributed by atoms with Gasteiger partial charge in [0.1, 0.15) is 12.4 Å². The molecular weight excluding hydrogens is 364 g/mol. The molecule has 0 unspecified atom stereocenters. The van der Waals surface area contributed by atoms with E-state index in [0.717, 1.165) is 5.56 Å². The largest absolute Gasteiger partial charge is 0.489 e. The summed E-state index contributed by atoms with van der Waals surface area (Å²) in [5, 5.41) is 5.67. The highest BCUT2D eigenvalue weighted by molar-refractivity contribution is 6.04. The molecule has 0 fully saturated rings. The van der Waals surface area contributed by atoms with Gasteiger partial charge in [0.2, 0.25) is 5.91 Å². The van der Waals surface area contributed by atoms with Crippen molar-refractivity contribution in [2.75, 3.05) is 10.6 Å². The van der Waals surface area contributed by atoms with E-state index in [9.17, 15) is 9.59 Å². The van der Waals surface area contributed by atoms with Crippen molar-refractivity contribution in [3.05, 3.63) is 90.0 Å². The van der Waals surface area contributed by atoms with E-state index in [2.05, 4.69) is 10.6 Å². The molecule has 5 nitrogen and oxygen atoms in total. The molecule has 0 saturated heterocycles. The molecule has 0 atom stereocenters. The number of carbonyl (C=O) groups is 2. The molecule has 29 heavy (non-hydrogen) atoms. The number of amides is 2. The first-order valence-electron chi connectivity index (χ1n) is 9.50. The summed E-state index contributed by atoms with van der Waals surface area (Å²) in [4.78, 5) is 24.3. The summed E-state index contributed by atoms with van der Waals surface area (Å²) in [6.45, 7) is 4.13. The zero-order valence-electron chi connectivity index (χ0n) is 16.5. The molecule has 0 heterocycles. The van der Waals surface area contributed by atoms with Gasteiger partial charge in [-0.2, -0.15) is 0 Å². The molecular formula is C24H24N2O3. The topological polar surface area (TPSA) is 67.4 Å². The zero-order valence-corrected chi connectivity index (χ0v) is 16.5. The third-order valence-electron chi connectivity index (χ3n) is 4.28. The second-order valence-corrected chi connectivity index (χ2v) is 6.98. The Morgan fingerprint density at radius 1 is 0.828 bits per heavy atom. The Kier molecular flexibility index (Phi) is 6.63. The van der Waals surface area contributed by atoms with Crippen LogP contribution in [0.4, 0.5) is 11.4 Å². The van der Waals surface area contributed by atoms with Crippen molar-refractivity contribution in [1.29, 1.82) is 0 Å². The molecule has 5 heteroatoms. The summed E-state index contributed by atoms with van der Waals surface area (Å²) < 4.78 is 5.75. The average Bonchev–Trinajstić information content (AvgIpc) is 2.73. The van der Waals surface area contributed by atoms with E-state index in [1.165, 1.54) is 0 Å². The van der Waals surface area contributed by atoms with Crippen LogP contribution in [0.15, 0.2) is 78.9 Å². The van der Waals surface area contributed by atoms with Gasteiger partial charge in [0, 0.05) is 22.9 Å². The summed E-state index contributed by atoms with van der Waals surface area (Å²) in [6, 6.07) is 24.0. The first kappa shape index (κ1) is 20.1. The van der Waals surface area contributed by atoms with Crippen molar-refractivity contribution in [3.63, 3.8) is 0 Å². The minimum Gasteiger partial charge on any atom is -0.489 e. The number of benzene rings is 3. The fraction of sp³-hybridized carbons (Fsp3) is 0.167. The Balaban J connectivity index is 1.58. The van der Waals surface area contributed by atoms with E-state index >= 15 is 0 Å². The standard InChI is InChI=1S/C24H24N2O3/c1-17(2)23(27)25-20-9-6-10-21(15-20)26-24(28)19-11-13-22(14-12-19)29-16-18-7-4-3-5-8-18/h3-15,17H,16H2,1-2H3,(H,25,27)(H,26,28). The fourth-order valence-corrected chi connectivity index (χ4v) is 2.61. The molecule has 148 valence electrons. The van der Waals surface area contributed by atoms with Crippen LogP contribution < -0.4 is 15.4 Å². The number of anilines is 2. The highest BCUT2D eigenvalue weighted by Gasteiger charge is 2.09. The molecule has 3 aromatic rings. The van der Waals surface area contributed by atoms with E-state index < -0.39 is 0 Å². The van der Waals surface area contributed by atoms with Gasteiger partial charge in [-0.05, 0) is 48.0 Å². The highest BCUT2D eigenvalue weighted by atomic mass is 16.5. The monoisotopic (exact) mass is 388 g/mol. The summed E-state index contributed by atoms with van der Waals surface area (Å²) in [6.07, 6.45) is 0. The van der Waals surface area contributed by atoms with Crippen molar-refractivity contribution >= 4 is 23.2 Å². The van der Waals surface area contributed by atoms with Gasteiger partial charge in [0.25, 0.3) is 5.91 Å². The molecule has 0 spiro atoms. The second-order valence-electron chi connectivity index (χ2n) is 6.98. The normalized spacial score (nSPS) is 10.4. The predicted molar refractivity (Wildman–Crippen MR) is 115 cm³/mol. The predicted octanol–water partition coefficient (Wildman–Crippen LogP) is 5.11. The lowest BCUT2D eigenvalue weighted by Crippen LogP contribution is -2.18. The van der Waals surface area contributed by atoms with Crippen LogP contribution in [0.25, 0.3) is 0 Å².